The molecule has 122 valence electrons. The fourth-order valence-corrected chi connectivity index (χ4v) is 3.84. The highest BCUT2D eigenvalue weighted by atomic mass is 16.5. The summed E-state index contributed by atoms with van der Waals surface area (Å²) in [6, 6.07) is 0. The summed E-state index contributed by atoms with van der Waals surface area (Å²) in [6.07, 6.45) is 16.7. The van der Waals surface area contributed by atoms with E-state index in [1.165, 1.54) is 11.1 Å². The van der Waals surface area contributed by atoms with Gasteiger partial charge in [0.05, 0.1) is 0 Å². The SMILES string of the molecule is CCCOC1(C(C)(C)C2=CCC=C2)CC=CC=C1C(C)(C)C. The van der Waals surface area contributed by atoms with E-state index in [-0.39, 0.29) is 16.4 Å². The summed E-state index contributed by atoms with van der Waals surface area (Å²) < 4.78 is 6.64. The Bertz CT molecular complexity index is 523. The third-order valence-corrected chi connectivity index (χ3v) is 5.10. The second-order valence-corrected chi connectivity index (χ2v) is 8.06. The minimum absolute atomic E-state index is 0.0426. The Hall–Kier alpha value is -1.08. The average Bonchev–Trinajstić information content (AvgIpc) is 2.99. The highest BCUT2D eigenvalue weighted by molar-refractivity contribution is 5.43. The van der Waals surface area contributed by atoms with Gasteiger partial charge in [-0.05, 0) is 35.8 Å². The van der Waals surface area contributed by atoms with Crippen LogP contribution in [0.4, 0.5) is 0 Å². The van der Waals surface area contributed by atoms with Crippen LogP contribution in [0.1, 0.15) is 60.8 Å². The standard InChI is InChI=1S/C21H32O/c1-7-16-22-21(20(5,6)17-12-8-9-13-17)15-11-10-14-18(21)19(2,3)4/h8,10-14H,7,9,15-16H2,1-6H3. The molecule has 1 nitrogen and oxygen atoms in total. The summed E-state index contributed by atoms with van der Waals surface area (Å²) in [7, 11) is 0. The first kappa shape index (κ1) is 17.3. The zero-order valence-electron chi connectivity index (χ0n) is 15.2. The van der Waals surface area contributed by atoms with Crippen LogP contribution < -0.4 is 0 Å². The van der Waals surface area contributed by atoms with Crippen molar-refractivity contribution in [1.29, 1.82) is 0 Å². The molecule has 0 spiro atoms. The van der Waals surface area contributed by atoms with Crippen molar-refractivity contribution in [2.75, 3.05) is 6.61 Å². The lowest BCUT2D eigenvalue weighted by Crippen LogP contribution is -2.52. The zero-order valence-corrected chi connectivity index (χ0v) is 15.2. The summed E-state index contributed by atoms with van der Waals surface area (Å²) in [5, 5.41) is 0. The highest BCUT2D eigenvalue weighted by Gasteiger charge is 2.52. The molecule has 0 aromatic heterocycles. The van der Waals surface area contributed by atoms with Crippen LogP contribution >= 0.6 is 0 Å². The van der Waals surface area contributed by atoms with E-state index in [9.17, 15) is 0 Å². The lowest BCUT2D eigenvalue weighted by Gasteiger charge is -2.52. The van der Waals surface area contributed by atoms with Gasteiger partial charge >= 0.3 is 0 Å². The Morgan fingerprint density at radius 1 is 1.14 bits per heavy atom. The van der Waals surface area contributed by atoms with E-state index < -0.39 is 0 Å². The maximum atomic E-state index is 6.64. The monoisotopic (exact) mass is 300 g/mol. The first-order valence-electron chi connectivity index (χ1n) is 8.64. The first-order valence-corrected chi connectivity index (χ1v) is 8.64. The Morgan fingerprint density at radius 3 is 2.41 bits per heavy atom. The van der Waals surface area contributed by atoms with Crippen LogP contribution in [0, 0.1) is 10.8 Å². The van der Waals surface area contributed by atoms with E-state index >= 15 is 0 Å². The molecule has 0 saturated heterocycles. The molecule has 1 unspecified atom stereocenters. The van der Waals surface area contributed by atoms with Crippen molar-refractivity contribution in [1.82, 2.24) is 0 Å². The molecule has 0 radical (unpaired) electrons. The van der Waals surface area contributed by atoms with Gasteiger partial charge in [0.25, 0.3) is 0 Å². The molecule has 0 amide bonds. The maximum absolute atomic E-state index is 6.64. The van der Waals surface area contributed by atoms with Crippen molar-refractivity contribution in [2.45, 2.75) is 66.4 Å². The summed E-state index contributed by atoms with van der Waals surface area (Å²) >= 11 is 0. The Kier molecular flexibility index (Phi) is 4.87. The van der Waals surface area contributed by atoms with Crippen LogP contribution in [0.3, 0.4) is 0 Å². The van der Waals surface area contributed by atoms with Crippen molar-refractivity contribution in [3.63, 3.8) is 0 Å². The van der Waals surface area contributed by atoms with Crippen LogP contribution in [0.5, 0.6) is 0 Å². The molecule has 0 heterocycles. The van der Waals surface area contributed by atoms with Gasteiger partial charge in [0.2, 0.25) is 0 Å². The normalized spacial score (nSPS) is 25.4. The molecule has 0 saturated carbocycles. The van der Waals surface area contributed by atoms with E-state index in [0.717, 1.165) is 25.9 Å². The Balaban J connectivity index is 2.54. The van der Waals surface area contributed by atoms with Gasteiger partial charge in [0, 0.05) is 12.0 Å². The molecule has 2 rings (SSSR count). The second kappa shape index (κ2) is 6.20. The number of hydrogen-bond donors (Lipinski definition) is 0. The van der Waals surface area contributed by atoms with Gasteiger partial charge in [0.15, 0.2) is 0 Å². The topological polar surface area (TPSA) is 9.23 Å². The van der Waals surface area contributed by atoms with Crippen LogP contribution in [0.15, 0.2) is 47.6 Å². The molecule has 22 heavy (non-hydrogen) atoms. The molecule has 1 atom stereocenters. The predicted octanol–water partition coefficient (Wildman–Crippen LogP) is 6.00. The molecular weight excluding hydrogens is 268 g/mol. The van der Waals surface area contributed by atoms with E-state index in [1.807, 2.05) is 0 Å². The van der Waals surface area contributed by atoms with Crippen molar-refractivity contribution in [2.24, 2.45) is 10.8 Å². The smallest absolute Gasteiger partial charge is 0.102 e. The largest absolute Gasteiger partial charge is 0.369 e. The van der Waals surface area contributed by atoms with Crippen molar-refractivity contribution >= 4 is 0 Å². The lowest BCUT2D eigenvalue weighted by atomic mass is 9.58. The van der Waals surface area contributed by atoms with Crippen LogP contribution in [-0.2, 0) is 4.74 Å². The third-order valence-electron chi connectivity index (χ3n) is 5.10. The van der Waals surface area contributed by atoms with Crippen LogP contribution in [0.25, 0.3) is 0 Å². The molecule has 0 bridgehead atoms. The summed E-state index contributed by atoms with van der Waals surface area (Å²) in [5.74, 6) is 0. The number of ether oxygens (including phenoxy) is 1. The number of rotatable bonds is 5. The van der Waals surface area contributed by atoms with Gasteiger partial charge in [0.1, 0.15) is 5.60 Å². The van der Waals surface area contributed by atoms with Gasteiger partial charge < -0.3 is 4.74 Å². The van der Waals surface area contributed by atoms with E-state index in [1.54, 1.807) is 0 Å². The van der Waals surface area contributed by atoms with E-state index in [2.05, 4.69) is 78.0 Å². The number of allylic oxidation sites excluding steroid dienone is 5. The molecule has 0 fully saturated rings. The zero-order chi connectivity index (χ0) is 16.4. The lowest BCUT2D eigenvalue weighted by molar-refractivity contribution is -0.0894. The summed E-state index contributed by atoms with van der Waals surface area (Å²) in [6.45, 7) is 14.6. The van der Waals surface area contributed by atoms with Gasteiger partial charge in [-0.15, -0.1) is 0 Å². The molecule has 0 aliphatic heterocycles. The molecular formula is C21H32O. The van der Waals surface area contributed by atoms with Gasteiger partial charge in [-0.3, -0.25) is 0 Å². The molecule has 2 aliphatic carbocycles. The quantitative estimate of drug-likeness (QED) is 0.605. The number of hydrogen-bond acceptors (Lipinski definition) is 1. The molecule has 0 aromatic rings. The molecule has 2 aliphatic rings. The Labute approximate surface area is 136 Å². The highest BCUT2D eigenvalue weighted by Crippen LogP contribution is 2.54. The minimum Gasteiger partial charge on any atom is -0.369 e. The molecule has 0 aromatic carbocycles. The summed E-state index contributed by atoms with van der Waals surface area (Å²) in [5.41, 5.74) is 2.63. The van der Waals surface area contributed by atoms with E-state index in [0.29, 0.717) is 0 Å². The van der Waals surface area contributed by atoms with Crippen LogP contribution in [-0.4, -0.2) is 12.2 Å². The first-order chi connectivity index (χ1) is 10.3. The summed E-state index contributed by atoms with van der Waals surface area (Å²) in [4.78, 5) is 0. The fourth-order valence-electron chi connectivity index (χ4n) is 3.84. The average molecular weight is 300 g/mol. The van der Waals surface area contributed by atoms with Gasteiger partial charge in [-0.25, -0.2) is 0 Å². The molecule has 0 N–H and O–H groups in total. The minimum atomic E-state index is -0.253. The van der Waals surface area contributed by atoms with Gasteiger partial charge in [-0.2, -0.15) is 0 Å². The third kappa shape index (κ3) is 2.88. The fraction of sp³-hybridized carbons (Fsp3) is 0.619. The predicted molar refractivity (Wildman–Crippen MR) is 95.9 cm³/mol. The van der Waals surface area contributed by atoms with Gasteiger partial charge in [-0.1, -0.05) is 78.0 Å². The van der Waals surface area contributed by atoms with Crippen molar-refractivity contribution in [3.05, 3.63) is 47.6 Å². The van der Waals surface area contributed by atoms with E-state index in [4.69, 9.17) is 4.74 Å². The maximum Gasteiger partial charge on any atom is 0.102 e. The second-order valence-electron chi connectivity index (χ2n) is 8.06. The van der Waals surface area contributed by atoms with Crippen molar-refractivity contribution < 1.29 is 4.74 Å². The Morgan fingerprint density at radius 2 is 1.86 bits per heavy atom. The molecule has 1 heteroatoms. The van der Waals surface area contributed by atoms with Crippen molar-refractivity contribution in [3.8, 4) is 0 Å². The van der Waals surface area contributed by atoms with Crippen LogP contribution in [0.2, 0.25) is 0 Å².